The molecule has 0 bridgehead atoms. The van der Waals surface area contributed by atoms with E-state index >= 15 is 0 Å². The second kappa shape index (κ2) is 8.94. The highest BCUT2D eigenvalue weighted by Gasteiger charge is 2.18. The number of ether oxygens (including phenoxy) is 1. The van der Waals surface area contributed by atoms with Crippen LogP contribution in [0, 0.1) is 0 Å². The van der Waals surface area contributed by atoms with Crippen molar-refractivity contribution in [1.82, 2.24) is 14.8 Å². The fourth-order valence-corrected chi connectivity index (χ4v) is 3.94. The number of para-hydroxylation sites is 1. The lowest BCUT2D eigenvalue weighted by molar-refractivity contribution is 0.204. The summed E-state index contributed by atoms with van der Waals surface area (Å²) < 4.78 is 7.28. The summed E-state index contributed by atoms with van der Waals surface area (Å²) in [5, 5.41) is 20.1. The van der Waals surface area contributed by atoms with E-state index in [2.05, 4.69) is 10.2 Å². The Morgan fingerprint density at radius 3 is 2.21 bits per heavy atom. The molecular weight excluding hydrogens is 382 g/mol. The minimum atomic E-state index is -0.577. The van der Waals surface area contributed by atoms with Crippen molar-refractivity contribution in [2.45, 2.75) is 11.3 Å². The van der Waals surface area contributed by atoms with Crippen molar-refractivity contribution < 1.29 is 9.84 Å². The van der Waals surface area contributed by atoms with E-state index in [-0.39, 0.29) is 0 Å². The molecule has 29 heavy (non-hydrogen) atoms. The lowest BCUT2D eigenvalue weighted by Gasteiger charge is -2.13. The molecule has 0 aliphatic rings. The van der Waals surface area contributed by atoms with Gasteiger partial charge in [0.25, 0.3) is 0 Å². The summed E-state index contributed by atoms with van der Waals surface area (Å²) in [6.07, 6.45) is -0.577. The Kier molecular flexibility index (Phi) is 5.93. The number of nitrogens with zero attached hydrogens (tertiary/aromatic N) is 3. The zero-order chi connectivity index (χ0) is 20.1. The Bertz CT molecular complexity index is 1050. The SMILES string of the molecule is COc1ccc(-c2nnc(SC[C@@H](O)c3ccccc3)n2-c2ccccc2)cc1. The molecule has 5 nitrogen and oxygen atoms in total. The van der Waals surface area contributed by atoms with Crippen molar-refractivity contribution in [2.24, 2.45) is 0 Å². The van der Waals surface area contributed by atoms with Crippen LogP contribution in [0.5, 0.6) is 5.75 Å². The third-order valence-corrected chi connectivity index (χ3v) is 5.56. The van der Waals surface area contributed by atoms with Crippen LogP contribution in [0.4, 0.5) is 0 Å². The monoisotopic (exact) mass is 403 g/mol. The van der Waals surface area contributed by atoms with Crippen LogP contribution in [0.2, 0.25) is 0 Å². The fraction of sp³-hybridized carbons (Fsp3) is 0.130. The Hall–Kier alpha value is -3.09. The molecule has 0 fully saturated rings. The molecule has 4 rings (SSSR count). The van der Waals surface area contributed by atoms with Crippen molar-refractivity contribution in [3.05, 3.63) is 90.5 Å². The number of hydrogen-bond donors (Lipinski definition) is 1. The van der Waals surface area contributed by atoms with Gasteiger partial charge in [0, 0.05) is 17.0 Å². The van der Waals surface area contributed by atoms with Crippen molar-refractivity contribution in [2.75, 3.05) is 12.9 Å². The van der Waals surface area contributed by atoms with Gasteiger partial charge in [-0.2, -0.15) is 0 Å². The number of hydrogen-bond acceptors (Lipinski definition) is 5. The average molecular weight is 404 g/mol. The fourth-order valence-electron chi connectivity index (χ4n) is 3.03. The quantitative estimate of drug-likeness (QED) is 0.451. The van der Waals surface area contributed by atoms with Crippen LogP contribution in [-0.4, -0.2) is 32.7 Å². The van der Waals surface area contributed by atoms with E-state index in [0.717, 1.165) is 33.5 Å². The molecule has 0 radical (unpaired) electrons. The molecule has 3 aromatic carbocycles. The largest absolute Gasteiger partial charge is 0.497 e. The summed E-state index contributed by atoms with van der Waals surface area (Å²) in [5.41, 5.74) is 2.80. The van der Waals surface area contributed by atoms with E-state index in [1.165, 1.54) is 11.8 Å². The lowest BCUT2D eigenvalue weighted by atomic mass is 10.1. The molecular formula is C23H21N3O2S. The molecule has 4 aromatic rings. The van der Waals surface area contributed by atoms with Gasteiger partial charge >= 0.3 is 0 Å². The summed E-state index contributed by atoms with van der Waals surface area (Å²) in [7, 11) is 1.65. The number of aromatic nitrogens is 3. The zero-order valence-electron chi connectivity index (χ0n) is 16.0. The Morgan fingerprint density at radius 1 is 0.897 bits per heavy atom. The highest BCUT2D eigenvalue weighted by molar-refractivity contribution is 7.99. The van der Waals surface area contributed by atoms with Gasteiger partial charge in [-0.15, -0.1) is 10.2 Å². The first-order valence-electron chi connectivity index (χ1n) is 9.27. The highest BCUT2D eigenvalue weighted by Crippen LogP contribution is 2.30. The standard InChI is InChI=1S/C23H21N3O2S/c1-28-20-14-12-18(13-15-20)22-24-25-23(26(22)19-10-6-3-7-11-19)29-16-21(27)17-8-4-2-5-9-17/h2-15,21,27H,16H2,1H3/t21-/m1/s1. The summed E-state index contributed by atoms with van der Waals surface area (Å²) >= 11 is 1.48. The van der Waals surface area contributed by atoms with Gasteiger partial charge < -0.3 is 9.84 Å². The Labute approximate surface area is 174 Å². The zero-order valence-corrected chi connectivity index (χ0v) is 16.8. The summed E-state index contributed by atoms with van der Waals surface area (Å²) in [4.78, 5) is 0. The number of benzene rings is 3. The first kappa shape index (κ1) is 19.2. The van der Waals surface area contributed by atoms with Gasteiger partial charge in [0.05, 0.1) is 13.2 Å². The summed E-state index contributed by atoms with van der Waals surface area (Å²) in [6.45, 7) is 0. The van der Waals surface area contributed by atoms with Crippen LogP contribution < -0.4 is 4.74 Å². The second-order valence-corrected chi connectivity index (χ2v) is 7.43. The smallest absolute Gasteiger partial charge is 0.196 e. The van der Waals surface area contributed by atoms with Gasteiger partial charge in [-0.3, -0.25) is 4.57 Å². The van der Waals surface area contributed by atoms with Gasteiger partial charge in [0.15, 0.2) is 11.0 Å². The highest BCUT2D eigenvalue weighted by atomic mass is 32.2. The molecule has 6 heteroatoms. The molecule has 0 aliphatic heterocycles. The Morgan fingerprint density at radius 2 is 1.55 bits per heavy atom. The molecule has 146 valence electrons. The summed E-state index contributed by atoms with van der Waals surface area (Å²) in [6, 6.07) is 27.4. The second-order valence-electron chi connectivity index (χ2n) is 6.44. The van der Waals surface area contributed by atoms with Crippen LogP contribution in [0.3, 0.4) is 0 Å². The van der Waals surface area contributed by atoms with E-state index in [9.17, 15) is 5.11 Å². The molecule has 0 spiro atoms. The number of thioether (sulfide) groups is 1. The number of aliphatic hydroxyl groups is 1. The number of rotatable bonds is 7. The van der Waals surface area contributed by atoms with E-state index in [4.69, 9.17) is 4.74 Å². The van der Waals surface area contributed by atoms with E-state index < -0.39 is 6.10 Å². The van der Waals surface area contributed by atoms with E-state index in [0.29, 0.717) is 5.75 Å². The van der Waals surface area contributed by atoms with Crippen LogP contribution in [0.25, 0.3) is 17.1 Å². The maximum atomic E-state index is 10.5. The first-order valence-corrected chi connectivity index (χ1v) is 10.3. The maximum absolute atomic E-state index is 10.5. The van der Waals surface area contributed by atoms with Crippen molar-refractivity contribution in [3.63, 3.8) is 0 Å². The van der Waals surface area contributed by atoms with Crippen LogP contribution >= 0.6 is 11.8 Å². The normalized spacial score (nSPS) is 11.9. The minimum Gasteiger partial charge on any atom is -0.497 e. The van der Waals surface area contributed by atoms with Gasteiger partial charge in [-0.05, 0) is 42.0 Å². The Balaban J connectivity index is 1.66. The molecule has 1 heterocycles. The predicted molar refractivity (Wildman–Crippen MR) is 115 cm³/mol. The third kappa shape index (κ3) is 4.34. The van der Waals surface area contributed by atoms with Crippen LogP contribution in [0.1, 0.15) is 11.7 Å². The van der Waals surface area contributed by atoms with Crippen molar-refractivity contribution in [1.29, 1.82) is 0 Å². The predicted octanol–water partition coefficient (Wildman–Crippen LogP) is 4.77. The molecule has 0 unspecified atom stereocenters. The topological polar surface area (TPSA) is 60.2 Å². The van der Waals surface area contributed by atoms with Gasteiger partial charge in [-0.1, -0.05) is 60.3 Å². The summed E-state index contributed by atoms with van der Waals surface area (Å²) in [5.74, 6) is 2.02. The third-order valence-electron chi connectivity index (χ3n) is 4.55. The molecule has 0 amide bonds. The van der Waals surface area contributed by atoms with Gasteiger partial charge in [0.1, 0.15) is 5.75 Å². The number of methoxy groups -OCH3 is 1. The molecule has 1 aromatic heterocycles. The van der Waals surface area contributed by atoms with Gasteiger partial charge in [0.2, 0.25) is 0 Å². The lowest BCUT2D eigenvalue weighted by Crippen LogP contribution is -2.03. The van der Waals surface area contributed by atoms with Crippen molar-refractivity contribution >= 4 is 11.8 Å². The average Bonchev–Trinajstić information content (AvgIpc) is 3.22. The van der Waals surface area contributed by atoms with Crippen molar-refractivity contribution in [3.8, 4) is 22.8 Å². The van der Waals surface area contributed by atoms with Crippen LogP contribution in [0.15, 0.2) is 90.1 Å². The molecule has 1 N–H and O–H groups in total. The van der Waals surface area contributed by atoms with E-state index in [1.807, 2.05) is 89.5 Å². The number of aliphatic hydroxyl groups excluding tert-OH is 1. The molecule has 0 aliphatic carbocycles. The van der Waals surface area contributed by atoms with E-state index in [1.54, 1.807) is 7.11 Å². The molecule has 1 atom stereocenters. The first-order chi connectivity index (χ1) is 14.3. The maximum Gasteiger partial charge on any atom is 0.196 e. The minimum absolute atomic E-state index is 0.484. The molecule has 0 saturated carbocycles. The molecule has 0 saturated heterocycles. The van der Waals surface area contributed by atoms with Gasteiger partial charge in [-0.25, -0.2) is 0 Å². The van der Waals surface area contributed by atoms with Crippen LogP contribution in [-0.2, 0) is 0 Å².